The highest BCUT2D eigenvalue weighted by Gasteiger charge is 2.43. The van der Waals surface area contributed by atoms with Crippen molar-refractivity contribution in [3.63, 3.8) is 0 Å². The van der Waals surface area contributed by atoms with Crippen molar-refractivity contribution in [1.82, 2.24) is 14.5 Å². The SMILES string of the molecule is Cn1cc2c(cc1=O)C1(CCN(Cc3ccc(C(=NOC4CC4)c4ccc(F)c(F)c4)nc3)CC1)OC2. The van der Waals surface area contributed by atoms with Crippen molar-refractivity contribution < 1.29 is 18.4 Å². The van der Waals surface area contributed by atoms with E-state index in [2.05, 4.69) is 15.0 Å². The monoisotopic (exact) mass is 506 g/mol. The number of aryl methyl sites for hydroxylation is 1. The molecule has 0 atom stereocenters. The zero-order valence-corrected chi connectivity index (χ0v) is 20.6. The van der Waals surface area contributed by atoms with E-state index in [9.17, 15) is 13.6 Å². The maximum atomic E-state index is 13.9. The van der Waals surface area contributed by atoms with E-state index in [4.69, 9.17) is 9.57 Å². The number of aromatic nitrogens is 2. The zero-order chi connectivity index (χ0) is 25.6. The first-order valence-electron chi connectivity index (χ1n) is 12.6. The molecular formula is C28H28F2N4O3. The van der Waals surface area contributed by atoms with Crippen LogP contribution in [0.25, 0.3) is 0 Å². The van der Waals surface area contributed by atoms with Crippen LogP contribution < -0.4 is 5.56 Å². The first kappa shape index (κ1) is 23.9. The van der Waals surface area contributed by atoms with Gasteiger partial charge in [0.05, 0.1) is 17.9 Å². The Kier molecular flexibility index (Phi) is 6.12. The van der Waals surface area contributed by atoms with Crippen LogP contribution in [0.4, 0.5) is 8.78 Å². The summed E-state index contributed by atoms with van der Waals surface area (Å²) < 4.78 is 35.2. The number of likely N-dealkylation sites (tertiary alicyclic amines) is 1. The molecule has 0 radical (unpaired) electrons. The van der Waals surface area contributed by atoms with Gasteiger partial charge in [0.15, 0.2) is 11.6 Å². The van der Waals surface area contributed by atoms with Crippen LogP contribution in [0, 0.1) is 11.6 Å². The lowest BCUT2D eigenvalue weighted by Gasteiger charge is -2.39. The van der Waals surface area contributed by atoms with E-state index in [1.165, 1.54) is 6.07 Å². The van der Waals surface area contributed by atoms with Gasteiger partial charge in [-0.2, -0.15) is 0 Å². The maximum Gasteiger partial charge on any atom is 0.250 e. The van der Waals surface area contributed by atoms with Gasteiger partial charge in [-0.1, -0.05) is 11.2 Å². The summed E-state index contributed by atoms with van der Waals surface area (Å²) in [4.78, 5) is 24.7. The van der Waals surface area contributed by atoms with E-state index in [-0.39, 0.29) is 17.3 Å². The number of rotatable bonds is 6. The van der Waals surface area contributed by atoms with Crippen LogP contribution in [0.15, 0.2) is 58.7 Å². The number of ether oxygens (including phenoxy) is 1. The highest BCUT2D eigenvalue weighted by molar-refractivity contribution is 6.11. The average Bonchev–Trinajstić information content (AvgIpc) is 3.67. The molecule has 1 aromatic carbocycles. The topological polar surface area (TPSA) is 69.0 Å². The van der Waals surface area contributed by atoms with Gasteiger partial charge in [-0.25, -0.2) is 8.78 Å². The summed E-state index contributed by atoms with van der Waals surface area (Å²) in [6.07, 6.45) is 7.27. The predicted octanol–water partition coefficient (Wildman–Crippen LogP) is 4.01. The standard InChI is InChI=1S/C28H28F2N4O3/c1-33-16-20-17-36-28(22(20)13-26(33)35)8-10-34(11-9-28)15-18-2-7-25(31-14-18)27(32-37-21-4-5-21)19-3-6-23(29)24(30)12-19/h2-3,6-7,12-14,16,21H,4-5,8-11,15,17H2,1H3. The highest BCUT2D eigenvalue weighted by Crippen LogP contribution is 2.43. The summed E-state index contributed by atoms with van der Waals surface area (Å²) in [5, 5.41) is 4.23. The quantitative estimate of drug-likeness (QED) is 0.373. The minimum atomic E-state index is -0.939. The largest absolute Gasteiger partial charge is 0.392 e. The normalized spacial score (nSPS) is 19.3. The fraction of sp³-hybridized carbons (Fsp3) is 0.393. The fourth-order valence-corrected chi connectivity index (χ4v) is 5.11. The number of oxime groups is 1. The molecule has 3 aliphatic rings. The molecule has 2 aliphatic heterocycles. The van der Waals surface area contributed by atoms with Gasteiger partial charge in [-0.3, -0.25) is 14.7 Å². The number of pyridine rings is 2. The summed E-state index contributed by atoms with van der Waals surface area (Å²) in [5.74, 6) is -1.85. The Morgan fingerprint density at radius 2 is 1.97 bits per heavy atom. The molecule has 2 fully saturated rings. The smallest absolute Gasteiger partial charge is 0.250 e. The Labute approximate surface area is 213 Å². The number of fused-ring (bicyclic) bond motifs is 2. The molecule has 6 rings (SSSR count). The molecule has 0 N–H and O–H groups in total. The molecular weight excluding hydrogens is 478 g/mol. The Hall–Kier alpha value is -3.43. The van der Waals surface area contributed by atoms with E-state index < -0.39 is 11.6 Å². The summed E-state index contributed by atoms with van der Waals surface area (Å²) in [6.45, 7) is 2.95. The molecule has 0 bridgehead atoms. The second-order valence-corrected chi connectivity index (χ2v) is 10.1. The number of nitrogens with zero attached hydrogens (tertiary/aromatic N) is 4. The third-order valence-corrected chi connectivity index (χ3v) is 7.45. The lowest BCUT2D eigenvalue weighted by Crippen LogP contribution is -2.42. The van der Waals surface area contributed by atoms with Gasteiger partial charge in [0.1, 0.15) is 11.8 Å². The van der Waals surface area contributed by atoms with Crippen molar-refractivity contribution in [3.05, 3.63) is 98.7 Å². The number of benzene rings is 1. The van der Waals surface area contributed by atoms with Crippen LogP contribution in [0.5, 0.6) is 0 Å². The molecule has 0 unspecified atom stereocenters. The molecule has 1 saturated heterocycles. The van der Waals surface area contributed by atoms with Gasteiger partial charge in [-0.05, 0) is 61.1 Å². The Morgan fingerprint density at radius 3 is 2.68 bits per heavy atom. The number of piperidine rings is 1. The van der Waals surface area contributed by atoms with Crippen molar-refractivity contribution in [2.75, 3.05) is 13.1 Å². The Balaban J connectivity index is 1.14. The van der Waals surface area contributed by atoms with Gasteiger partial charge in [0, 0.05) is 56.3 Å². The zero-order valence-electron chi connectivity index (χ0n) is 20.6. The number of hydrogen-bond donors (Lipinski definition) is 0. The highest BCUT2D eigenvalue weighted by atomic mass is 19.2. The van der Waals surface area contributed by atoms with E-state index in [1.807, 2.05) is 18.3 Å². The molecule has 3 aromatic rings. The molecule has 192 valence electrons. The molecule has 0 amide bonds. The third kappa shape index (κ3) is 4.81. The summed E-state index contributed by atoms with van der Waals surface area (Å²) >= 11 is 0. The fourth-order valence-electron chi connectivity index (χ4n) is 5.11. The van der Waals surface area contributed by atoms with E-state index in [0.29, 0.717) is 23.6 Å². The summed E-state index contributed by atoms with van der Waals surface area (Å²) in [5.41, 5.74) is 4.11. The van der Waals surface area contributed by atoms with Gasteiger partial charge in [0.25, 0.3) is 5.56 Å². The van der Waals surface area contributed by atoms with Crippen LogP contribution in [0.2, 0.25) is 0 Å². The molecule has 37 heavy (non-hydrogen) atoms. The molecule has 7 nitrogen and oxygen atoms in total. The van der Waals surface area contributed by atoms with E-state index in [0.717, 1.165) is 74.1 Å². The summed E-state index contributed by atoms with van der Waals surface area (Å²) in [7, 11) is 1.77. The summed E-state index contributed by atoms with van der Waals surface area (Å²) in [6, 6.07) is 9.22. The average molecular weight is 507 g/mol. The molecule has 4 heterocycles. The number of halogens is 2. The van der Waals surface area contributed by atoms with E-state index >= 15 is 0 Å². The second-order valence-electron chi connectivity index (χ2n) is 10.1. The number of hydrogen-bond acceptors (Lipinski definition) is 6. The van der Waals surface area contributed by atoms with Crippen LogP contribution in [-0.4, -0.2) is 39.4 Å². The van der Waals surface area contributed by atoms with Crippen molar-refractivity contribution in [2.45, 2.75) is 50.5 Å². The predicted molar refractivity (Wildman–Crippen MR) is 133 cm³/mol. The molecule has 1 spiro atoms. The Bertz CT molecular complexity index is 1410. The van der Waals surface area contributed by atoms with Crippen LogP contribution in [0.1, 0.15) is 53.6 Å². The third-order valence-electron chi connectivity index (χ3n) is 7.45. The van der Waals surface area contributed by atoms with Crippen LogP contribution >= 0.6 is 0 Å². The lowest BCUT2D eigenvalue weighted by molar-refractivity contribution is -0.0799. The van der Waals surface area contributed by atoms with Gasteiger partial charge in [-0.15, -0.1) is 0 Å². The van der Waals surface area contributed by atoms with Gasteiger partial charge < -0.3 is 14.1 Å². The molecule has 2 aromatic heterocycles. The second kappa shape index (κ2) is 9.46. The van der Waals surface area contributed by atoms with Crippen LogP contribution in [0.3, 0.4) is 0 Å². The molecule has 9 heteroatoms. The minimum absolute atomic E-state index is 0.00830. The molecule has 1 saturated carbocycles. The van der Waals surface area contributed by atoms with Crippen molar-refractivity contribution in [3.8, 4) is 0 Å². The van der Waals surface area contributed by atoms with Gasteiger partial charge in [0.2, 0.25) is 0 Å². The van der Waals surface area contributed by atoms with Crippen molar-refractivity contribution >= 4 is 5.71 Å². The Morgan fingerprint density at radius 1 is 1.16 bits per heavy atom. The van der Waals surface area contributed by atoms with E-state index in [1.54, 1.807) is 23.9 Å². The minimum Gasteiger partial charge on any atom is -0.392 e. The van der Waals surface area contributed by atoms with Gasteiger partial charge >= 0.3 is 0 Å². The van der Waals surface area contributed by atoms with Crippen LogP contribution in [-0.2, 0) is 35.4 Å². The molecule has 1 aliphatic carbocycles. The maximum absolute atomic E-state index is 13.9. The first-order chi connectivity index (χ1) is 17.9. The van der Waals surface area contributed by atoms with Crippen molar-refractivity contribution in [1.29, 1.82) is 0 Å². The van der Waals surface area contributed by atoms with Crippen molar-refractivity contribution in [2.24, 2.45) is 12.2 Å². The first-order valence-corrected chi connectivity index (χ1v) is 12.6. The lowest BCUT2D eigenvalue weighted by atomic mass is 9.84.